The molecule has 0 bridgehead atoms. The van der Waals surface area contributed by atoms with Crippen LogP contribution in [0.4, 0.5) is 5.69 Å². The summed E-state index contributed by atoms with van der Waals surface area (Å²) in [5.41, 5.74) is 0.214. The number of nitro groups is 1. The number of fused-ring (bicyclic) bond motifs is 1. The number of nitro benzene ring substituents is 1. The molecular formula is C29H25N3O6. The Morgan fingerprint density at radius 2 is 1.58 bits per heavy atom. The summed E-state index contributed by atoms with van der Waals surface area (Å²) >= 11 is 0. The highest BCUT2D eigenvalue weighted by Crippen LogP contribution is 2.45. The normalized spacial score (nSPS) is 24.6. The Balaban J connectivity index is 1.54. The van der Waals surface area contributed by atoms with Gasteiger partial charge in [0.2, 0.25) is 11.8 Å². The third-order valence-corrected chi connectivity index (χ3v) is 7.28. The van der Waals surface area contributed by atoms with Crippen molar-refractivity contribution in [1.82, 2.24) is 10.2 Å². The van der Waals surface area contributed by atoms with Gasteiger partial charge in [-0.05, 0) is 16.7 Å². The second-order valence-corrected chi connectivity index (χ2v) is 9.57. The van der Waals surface area contributed by atoms with Gasteiger partial charge in [0.25, 0.3) is 5.69 Å². The van der Waals surface area contributed by atoms with Crippen LogP contribution in [-0.2, 0) is 27.3 Å². The number of amides is 2. The molecule has 2 aliphatic heterocycles. The maximum atomic E-state index is 13.8. The number of benzene rings is 3. The van der Waals surface area contributed by atoms with Crippen molar-refractivity contribution in [2.24, 2.45) is 11.8 Å². The summed E-state index contributed by atoms with van der Waals surface area (Å²) in [6.45, 7) is 0.0495. The van der Waals surface area contributed by atoms with E-state index in [0.717, 1.165) is 16.0 Å². The zero-order chi connectivity index (χ0) is 26.9. The molecule has 5 rings (SSSR count). The van der Waals surface area contributed by atoms with Gasteiger partial charge >= 0.3 is 5.97 Å². The Labute approximate surface area is 218 Å². The first-order chi connectivity index (χ1) is 18.3. The molecule has 0 aromatic heterocycles. The van der Waals surface area contributed by atoms with Gasteiger partial charge in [0, 0.05) is 24.6 Å². The van der Waals surface area contributed by atoms with Crippen molar-refractivity contribution >= 4 is 29.5 Å². The number of hydrogen-bond donors (Lipinski definition) is 2. The second kappa shape index (κ2) is 10.0. The first-order valence-electron chi connectivity index (χ1n) is 12.2. The highest BCUT2D eigenvalue weighted by Gasteiger charge is 2.67. The highest BCUT2D eigenvalue weighted by atomic mass is 16.6. The van der Waals surface area contributed by atoms with Gasteiger partial charge in [0.05, 0.1) is 23.3 Å². The van der Waals surface area contributed by atoms with Gasteiger partial charge in [-0.25, -0.2) is 0 Å². The molecule has 9 heteroatoms. The minimum Gasteiger partial charge on any atom is -0.480 e. The summed E-state index contributed by atoms with van der Waals surface area (Å²) in [6.07, 6.45) is 3.41. The number of carboxylic acid groups (broad SMARTS) is 1. The summed E-state index contributed by atoms with van der Waals surface area (Å²) in [6, 6.07) is 23.3. The molecule has 0 radical (unpaired) electrons. The van der Waals surface area contributed by atoms with Crippen LogP contribution in [-0.4, -0.2) is 44.3 Å². The third-order valence-electron chi connectivity index (χ3n) is 7.28. The van der Waals surface area contributed by atoms with Crippen LogP contribution >= 0.6 is 0 Å². The van der Waals surface area contributed by atoms with E-state index < -0.39 is 46.1 Å². The SMILES string of the molecule is O=C1C2C(C=Cc3ccccc3)NC(Cc3ccc([N+](=O)[O-])cc3)(C(=O)O)C2C(=O)N1Cc1ccccc1. The molecule has 0 saturated carbocycles. The van der Waals surface area contributed by atoms with Crippen LogP contribution in [0.25, 0.3) is 6.08 Å². The summed E-state index contributed by atoms with van der Waals surface area (Å²) in [7, 11) is 0. The Hall–Kier alpha value is -4.63. The molecule has 2 aliphatic rings. The van der Waals surface area contributed by atoms with E-state index in [9.17, 15) is 29.6 Å². The Morgan fingerprint density at radius 3 is 2.18 bits per heavy atom. The summed E-state index contributed by atoms with van der Waals surface area (Å²) in [5, 5.41) is 24.7. The maximum Gasteiger partial charge on any atom is 0.325 e. The minimum atomic E-state index is -1.79. The van der Waals surface area contributed by atoms with Crippen molar-refractivity contribution in [3.63, 3.8) is 0 Å². The van der Waals surface area contributed by atoms with Crippen LogP contribution in [0.15, 0.2) is 91.0 Å². The van der Waals surface area contributed by atoms with Gasteiger partial charge in [-0.1, -0.05) is 84.9 Å². The molecule has 3 aromatic rings. The van der Waals surface area contributed by atoms with E-state index in [4.69, 9.17) is 0 Å². The molecule has 2 saturated heterocycles. The lowest BCUT2D eigenvalue weighted by Gasteiger charge is -2.31. The molecule has 192 valence electrons. The molecule has 3 aromatic carbocycles. The number of carbonyl (C=O) groups excluding carboxylic acids is 2. The summed E-state index contributed by atoms with van der Waals surface area (Å²) in [4.78, 5) is 52.0. The van der Waals surface area contributed by atoms with Gasteiger partial charge in [0.1, 0.15) is 5.54 Å². The van der Waals surface area contributed by atoms with E-state index in [1.165, 1.54) is 24.3 Å². The average molecular weight is 512 g/mol. The molecule has 38 heavy (non-hydrogen) atoms. The third kappa shape index (κ3) is 4.48. The molecule has 9 nitrogen and oxygen atoms in total. The molecule has 4 atom stereocenters. The van der Waals surface area contributed by atoms with E-state index in [2.05, 4.69) is 5.32 Å². The van der Waals surface area contributed by atoms with Crippen molar-refractivity contribution in [2.45, 2.75) is 24.5 Å². The zero-order valence-corrected chi connectivity index (χ0v) is 20.3. The molecule has 2 amide bonds. The summed E-state index contributed by atoms with van der Waals surface area (Å²) in [5.74, 6) is -4.30. The van der Waals surface area contributed by atoms with Crippen LogP contribution < -0.4 is 5.32 Å². The quantitative estimate of drug-likeness (QED) is 0.269. The van der Waals surface area contributed by atoms with Gasteiger partial charge < -0.3 is 5.11 Å². The van der Waals surface area contributed by atoms with Gasteiger partial charge in [0.15, 0.2) is 0 Å². The smallest absolute Gasteiger partial charge is 0.325 e. The van der Waals surface area contributed by atoms with Crippen LogP contribution in [0.3, 0.4) is 0 Å². The van der Waals surface area contributed by atoms with Gasteiger partial charge in [-0.15, -0.1) is 0 Å². The number of nitrogens with zero attached hydrogens (tertiary/aromatic N) is 2. The second-order valence-electron chi connectivity index (χ2n) is 9.57. The van der Waals surface area contributed by atoms with Crippen LogP contribution in [0, 0.1) is 22.0 Å². The lowest BCUT2D eigenvalue weighted by atomic mass is 9.76. The van der Waals surface area contributed by atoms with Crippen LogP contribution in [0.1, 0.15) is 16.7 Å². The lowest BCUT2D eigenvalue weighted by Crippen LogP contribution is -2.58. The van der Waals surface area contributed by atoms with Crippen LogP contribution in [0.2, 0.25) is 0 Å². The number of carboxylic acids is 1. The van der Waals surface area contributed by atoms with Crippen LogP contribution in [0.5, 0.6) is 0 Å². The molecule has 0 spiro atoms. The summed E-state index contributed by atoms with van der Waals surface area (Å²) < 4.78 is 0. The molecule has 4 unspecified atom stereocenters. The average Bonchev–Trinajstić information content (AvgIpc) is 3.38. The molecule has 2 N–H and O–H groups in total. The number of carbonyl (C=O) groups is 3. The molecule has 2 fully saturated rings. The Morgan fingerprint density at radius 1 is 0.947 bits per heavy atom. The minimum absolute atomic E-state index is 0.0495. The standard InChI is InChI=1S/C29H25N3O6/c33-26-24-23(16-13-19-7-3-1-4-8-19)30-29(28(35)36,17-20-11-14-22(15-12-20)32(37)38)25(24)27(34)31(26)18-21-9-5-2-6-10-21/h1-16,23-25,30H,17-18H2,(H,35,36). The maximum absolute atomic E-state index is 13.8. The van der Waals surface area contributed by atoms with Gasteiger partial charge in [-0.3, -0.25) is 34.7 Å². The number of imide groups is 1. The number of hydrogen-bond acceptors (Lipinski definition) is 6. The lowest BCUT2D eigenvalue weighted by molar-refractivity contribution is -0.384. The van der Waals surface area contributed by atoms with E-state index in [-0.39, 0.29) is 18.7 Å². The predicted molar refractivity (Wildman–Crippen MR) is 139 cm³/mol. The highest BCUT2D eigenvalue weighted by molar-refractivity contribution is 6.09. The zero-order valence-electron chi connectivity index (χ0n) is 20.3. The van der Waals surface area contributed by atoms with Crippen molar-refractivity contribution < 1.29 is 24.4 Å². The Kier molecular flexibility index (Phi) is 6.61. The molecule has 2 heterocycles. The number of rotatable bonds is 8. The number of aliphatic carboxylic acids is 1. The van der Waals surface area contributed by atoms with Crippen molar-refractivity contribution in [2.75, 3.05) is 0 Å². The Bertz CT molecular complexity index is 1410. The van der Waals surface area contributed by atoms with E-state index >= 15 is 0 Å². The topological polar surface area (TPSA) is 130 Å². The molecule has 0 aliphatic carbocycles. The van der Waals surface area contributed by atoms with Crippen molar-refractivity contribution in [1.29, 1.82) is 0 Å². The molecular weight excluding hydrogens is 486 g/mol. The van der Waals surface area contributed by atoms with E-state index in [1.54, 1.807) is 24.3 Å². The predicted octanol–water partition coefficient (Wildman–Crippen LogP) is 3.45. The largest absolute Gasteiger partial charge is 0.480 e. The fourth-order valence-electron chi connectivity index (χ4n) is 5.47. The first kappa shape index (κ1) is 25.0. The van der Waals surface area contributed by atoms with Gasteiger partial charge in [-0.2, -0.15) is 0 Å². The van der Waals surface area contributed by atoms with Crippen molar-refractivity contribution in [3.8, 4) is 0 Å². The number of likely N-dealkylation sites (tertiary alicyclic amines) is 1. The fourth-order valence-corrected chi connectivity index (χ4v) is 5.47. The van der Waals surface area contributed by atoms with E-state index in [1.807, 2.05) is 48.5 Å². The number of non-ortho nitro benzene ring substituents is 1. The van der Waals surface area contributed by atoms with E-state index in [0.29, 0.717) is 5.56 Å². The number of nitrogens with one attached hydrogen (secondary N) is 1. The fraction of sp³-hybridized carbons (Fsp3) is 0.207. The first-order valence-corrected chi connectivity index (χ1v) is 12.2. The van der Waals surface area contributed by atoms with Crippen molar-refractivity contribution in [3.05, 3.63) is 118 Å². The monoisotopic (exact) mass is 511 g/mol.